The molecule has 0 amide bonds. The van der Waals surface area contributed by atoms with Gasteiger partial charge in [-0.3, -0.25) is 0 Å². The van der Waals surface area contributed by atoms with Crippen molar-refractivity contribution in [3.8, 4) is 5.75 Å². The molecule has 1 aromatic carbocycles. The molecule has 0 saturated carbocycles. The Labute approximate surface area is 78.5 Å². The molecule has 2 nitrogen and oxygen atoms in total. The molecule has 2 rings (SSSR count). The summed E-state index contributed by atoms with van der Waals surface area (Å²) < 4.78 is 11.1. The molecule has 0 aliphatic carbocycles. The fourth-order valence-electron chi connectivity index (χ4n) is 1.45. The maximum absolute atomic E-state index is 5.63. The smallest absolute Gasteiger partial charge is 0.199 e. The van der Waals surface area contributed by atoms with Gasteiger partial charge in [0.15, 0.2) is 6.29 Å². The van der Waals surface area contributed by atoms with E-state index in [0.29, 0.717) is 0 Å². The molecule has 0 N–H and O–H groups in total. The van der Waals surface area contributed by atoms with E-state index in [1.54, 1.807) is 0 Å². The number of benzene rings is 1. The average molecular weight is 178 g/mol. The van der Waals surface area contributed by atoms with E-state index in [9.17, 15) is 0 Å². The van der Waals surface area contributed by atoms with Crippen LogP contribution in [-0.2, 0) is 4.74 Å². The van der Waals surface area contributed by atoms with E-state index in [1.807, 2.05) is 30.3 Å². The number of hydrogen-bond donors (Lipinski definition) is 0. The van der Waals surface area contributed by atoms with Crippen molar-refractivity contribution in [3.05, 3.63) is 30.3 Å². The van der Waals surface area contributed by atoms with Gasteiger partial charge >= 0.3 is 0 Å². The minimum Gasteiger partial charge on any atom is -0.465 e. The first-order chi connectivity index (χ1) is 6.45. The van der Waals surface area contributed by atoms with Crippen molar-refractivity contribution in [2.45, 2.75) is 25.6 Å². The summed E-state index contributed by atoms with van der Waals surface area (Å²) in [6.07, 6.45) is 3.34. The molecule has 0 bridgehead atoms. The predicted octanol–water partition coefficient (Wildman–Crippen LogP) is 2.59. The van der Waals surface area contributed by atoms with Gasteiger partial charge in [-0.2, -0.15) is 0 Å². The van der Waals surface area contributed by atoms with Gasteiger partial charge in [-0.05, 0) is 25.0 Å². The molecule has 1 aliphatic heterocycles. The van der Waals surface area contributed by atoms with E-state index in [2.05, 4.69) is 0 Å². The molecule has 1 unspecified atom stereocenters. The van der Waals surface area contributed by atoms with Crippen molar-refractivity contribution in [2.75, 3.05) is 6.61 Å². The van der Waals surface area contributed by atoms with Gasteiger partial charge in [0, 0.05) is 6.42 Å². The summed E-state index contributed by atoms with van der Waals surface area (Å²) in [4.78, 5) is 0. The van der Waals surface area contributed by atoms with Gasteiger partial charge in [-0.1, -0.05) is 18.2 Å². The Morgan fingerprint density at radius 1 is 1.15 bits per heavy atom. The van der Waals surface area contributed by atoms with Crippen LogP contribution in [0.1, 0.15) is 19.3 Å². The highest BCUT2D eigenvalue weighted by atomic mass is 16.7. The Hall–Kier alpha value is -1.02. The number of para-hydroxylation sites is 1. The number of rotatable bonds is 2. The molecule has 70 valence electrons. The predicted molar refractivity (Wildman–Crippen MR) is 50.7 cm³/mol. The van der Waals surface area contributed by atoms with Gasteiger partial charge in [0.05, 0.1) is 6.61 Å². The molecule has 0 radical (unpaired) electrons. The van der Waals surface area contributed by atoms with E-state index >= 15 is 0 Å². The van der Waals surface area contributed by atoms with Gasteiger partial charge < -0.3 is 9.47 Å². The van der Waals surface area contributed by atoms with Crippen molar-refractivity contribution < 1.29 is 9.47 Å². The van der Waals surface area contributed by atoms with Crippen LogP contribution >= 0.6 is 0 Å². The van der Waals surface area contributed by atoms with Crippen molar-refractivity contribution >= 4 is 0 Å². The molecule has 1 saturated heterocycles. The third-order valence-electron chi connectivity index (χ3n) is 2.15. The van der Waals surface area contributed by atoms with Gasteiger partial charge in [-0.15, -0.1) is 0 Å². The lowest BCUT2D eigenvalue weighted by Gasteiger charge is -2.23. The Morgan fingerprint density at radius 3 is 2.69 bits per heavy atom. The van der Waals surface area contributed by atoms with Crippen molar-refractivity contribution in [3.63, 3.8) is 0 Å². The van der Waals surface area contributed by atoms with Crippen molar-refractivity contribution in [1.29, 1.82) is 0 Å². The van der Waals surface area contributed by atoms with Crippen LogP contribution in [0.2, 0.25) is 0 Å². The SMILES string of the molecule is c1ccc(OC2CCCCO2)cc1. The summed E-state index contributed by atoms with van der Waals surface area (Å²) in [6, 6.07) is 9.83. The first-order valence-corrected chi connectivity index (χ1v) is 4.78. The van der Waals surface area contributed by atoms with Gasteiger partial charge in [-0.25, -0.2) is 0 Å². The lowest BCUT2D eigenvalue weighted by Crippen LogP contribution is -2.24. The molecule has 0 aromatic heterocycles. The minimum absolute atomic E-state index is 0.0313. The fraction of sp³-hybridized carbons (Fsp3) is 0.455. The second-order valence-electron chi connectivity index (χ2n) is 3.23. The highest BCUT2D eigenvalue weighted by Crippen LogP contribution is 2.18. The van der Waals surface area contributed by atoms with Gasteiger partial charge in [0.25, 0.3) is 0 Å². The van der Waals surface area contributed by atoms with E-state index in [1.165, 1.54) is 6.42 Å². The summed E-state index contributed by atoms with van der Waals surface area (Å²) >= 11 is 0. The van der Waals surface area contributed by atoms with Crippen LogP contribution in [0.4, 0.5) is 0 Å². The second-order valence-corrected chi connectivity index (χ2v) is 3.23. The Balaban J connectivity index is 1.90. The molecule has 1 aromatic rings. The third kappa shape index (κ3) is 2.46. The Bertz CT molecular complexity index is 240. The summed E-state index contributed by atoms with van der Waals surface area (Å²) in [5.41, 5.74) is 0. The zero-order valence-corrected chi connectivity index (χ0v) is 7.61. The topological polar surface area (TPSA) is 18.5 Å². The average Bonchev–Trinajstić information content (AvgIpc) is 2.21. The van der Waals surface area contributed by atoms with E-state index in [0.717, 1.165) is 25.2 Å². The summed E-state index contributed by atoms with van der Waals surface area (Å²) in [6.45, 7) is 0.831. The summed E-state index contributed by atoms with van der Waals surface area (Å²) in [5.74, 6) is 0.898. The van der Waals surface area contributed by atoms with Gasteiger partial charge in [0.2, 0.25) is 0 Å². The molecule has 2 heteroatoms. The number of ether oxygens (including phenoxy) is 2. The quantitative estimate of drug-likeness (QED) is 0.693. The first-order valence-electron chi connectivity index (χ1n) is 4.78. The molecule has 1 heterocycles. The lowest BCUT2D eigenvalue weighted by molar-refractivity contribution is -0.105. The van der Waals surface area contributed by atoms with E-state index in [-0.39, 0.29) is 6.29 Å². The van der Waals surface area contributed by atoms with Crippen LogP contribution in [0.3, 0.4) is 0 Å². The maximum Gasteiger partial charge on any atom is 0.199 e. The molecule has 1 atom stereocenters. The molecule has 1 aliphatic rings. The monoisotopic (exact) mass is 178 g/mol. The van der Waals surface area contributed by atoms with Crippen LogP contribution in [0.5, 0.6) is 5.75 Å². The largest absolute Gasteiger partial charge is 0.465 e. The lowest BCUT2D eigenvalue weighted by atomic mass is 10.2. The minimum atomic E-state index is -0.0313. The standard InChI is InChI=1S/C11H14O2/c1-2-6-10(7-3-1)13-11-8-4-5-9-12-11/h1-3,6-7,11H,4-5,8-9H2. The van der Waals surface area contributed by atoms with E-state index in [4.69, 9.17) is 9.47 Å². The van der Waals surface area contributed by atoms with Crippen LogP contribution in [-0.4, -0.2) is 12.9 Å². The number of hydrogen-bond acceptors (Lipinski definition) is 2. The fourth-order valence-corrected chi connectivity index (χ4v) is 1.45. The molecule has 1 fully saturated rings. The highest BCUT2D eigenvalue weighted by Gasteiger charge is 2.14. The van der Waals surface area contributed by atoms with Gasteiger partial charge in [0.1, 0.15) is 5.75 Å². The molecule has 13 heavy (non-hydrogen) atoms. The zero-order valence-electron chi connectivity index (χ0n) is 7.61. The van der Waals surface area contributed by atoms with Crippen molar-refractivity contribution in [2.24, 2.45) is 0 Å². The molecular weight excluding hydrogens is 164 g/mol. The van der Waals surface area contributed by atoms with Crippen LogP contribution in [0.25, 0.3) is 0 Å². The first kappa shape index (κ1) is 8.57. The molecular formula is C11H14O2. The Kier molecular flexibility index (Phi) is 2.82. The Morgan fingerprint density at radius 2 is 2.00 bits per heavy atom. The summed E-state index contributed by atoms with van der Waals surface area (Å²) in [5, 5.41) is 0. The highest BCUT2D eigenvalue weighted by molar-refractivity contribution is 5.21. The van der Waals surface area contributed by atoms with Crippen molar-refractivity contribution in [1.82, 2.24) is 0 Å². The second kappa shape index (κ2) is 4.28. The van der Waals surface area contributed by atoms with Crippen LogP contribution in [0.15, 0.2) is 30.3 Å². The third-order valence-corrected chi connectivity index (χ3v) is 2.15. The zero-order chi connectivity index (χ0) is 8.93. The van der Waals surface area contributed by atoms with Crippen LogP contribution < -0.4 is 4.74 Å². The van der Waals surface area contributed by atoms with E-state index < -0.39 is 0 Å². The normalized spacial score (nSPS) is 22.6. The van der Waals surface area contributed by atoms with Crippen LogP contribution in [0, 0.1) is 0 Å². The summed E-state index contributed by atoms with van der Waals surface area (Å²) in [7, 11) is 0. The maximum atomic E-state index is 5.63. The molecule has 0 spiro atoms.